The fourth-order valence-electron chi connectivity index (χ4n) is 2.50. The van der Waals surface area contributed by atoms with Crippen molar-refractivity contribution < 1.29 is 19.2 Å². The van der Waals surface area contributed by atoms with Crippen molar-refractivity contribution in [2.45, 2.75) is 33.1 Å². The zero-order chi connectivity index (χ0) is 20.9. The second-order valence-electron chi connectivity index (χ2n) is 6.04. The molecule has 8 heteroatoms. The first-order valence-electron chi connectivity index (χ1n) is 9.44. The standard InChI is InChI=1S/C21H26N4O4/c1-4-28-21(26)15-20(19-11-5-6-13-22-19)25-29-14-8-10-17-9-7-12-18(23-17)16(2)24-27-3/h5-7,9,11-13H,4,8,10,14-15H2,1-3H3. The molecule has 0 unspecified atom stereocenters. The molecule has 0 saturated carbocycles. The van der Waals surface area contributed by atoms with E-state index in [1.54, 1.807) is 25.3 Å². The van der Waals surface area contributed by atoms with E-state index in [4.69, 9.17) is 14.4 Å². The number of nitrogens with zero attached hydrogens (tertiary/aromatic N) is 4. The van der Waals surface area contributed by atoms with Crippen molar-refractivity contribution in [3.8, 4) is 0 Å². The molecule has 0 atom stereocenters. The van der Waals surface area contributed by atoms with E-state index in [0.717, 1.165) is 24.2 Å². The first kappa shape index (κ1) is 22.0. The quantitative estimate of drug-likeness (QED) is 0.250. The molecular weight excluding hydrogens is 372 g/mol. The van der Waals surface area contributed by atoms with E-state index in [1.165, 1.54) is 7.11 Å². The molecule has 0 bridgehead atoms. The van der Waals surface area contributed by atoms with Crippen LogP contribution in [0.3, 0.4) is 0 Å². The predicted octanol–water partition coefficient (Wildman–Crippen LogP) is 3.15. The van der Waals surface area contributed by atoms with Gasteiger partial charge in [-0.2, -0.15) is 0 Å². The molecule has 0 saturated heterocycles. The predicted molar refractivity (Wildman–Crippen MR) is 110 cm³/mol. The van der Waals surface area contributed by atoms with Crippen LogP contribution in [-0.2, 0) is 25.6 Å². The molecule has 2 rings (SSSR count). The summed E-state index contributed by atoms with van der Waals surface area (Å²) < 4.78 is 5.00. The smallest absolute Gasteiger partial charge is 0.312 e. The molecule has 8 nitrogen and oxygen atoms in total. The van der Waals surface area contributed by atoms with E-state index >= 15 is 0 Å². The van der Waals surface area contributed by atoms with Gasteiger partial charge < -0.3 is 14.4 Å². The average Bonchev–Trinajstić information content (AvgIpc) is 2.74. The Kier molecular flexibility index (Phi) is 9.28. The first-order chi connectivity index (χ1) is 14.1. The number of carbonyl (C=O) groups is 1. The van der Waals surface area contributed by atoms with Gasteiger partial charge in [-0.25, -0.2) is 0 Å². The SMILES string of the molecule is CCOC(=O)CC(=NOCCCc1cccc(C(C)=NOC)n1)c1ccccn1. The molecule has 0 spiro atoms. The monoisotopic (exact) mass is 398 g/mol. The largest absolute Gasteiger partial charge is 0.466 e. The third-order valence-corrected chi connectivity index (χ3v) is 3.83. The summed E-state index contributed by atoms with van der Waals surface area (Å²) in [5.41, 5.74) is 3.44. The second kappa shape index (κ2) is 12.2. The van der Waals surface area contributed by atoms with Crippen LogP contribution in [0.1, 0.15) is 43.8 Å². The molecule has 0 radical (unpaired) electrons. The molecule has 0 aliphatic carbocycles. The summed E-state index contributed by atoms with van der Waals surface area (Å²) in [7, 11) is 1.51. The van der Waals surface area contributed by atoms with E-state index in [9.17, 15) is 4.79 Å². The lowest BCUT2D eigenvalue weighted by Gasteiger charge is -2.07. The lowest BCUT2D eigenvalue weighted by Crippen LogP contribution is -2.14. The Morgan fingerprint density at radius 2 is 1.93 bits per heavy atom. The van der Waals surface area contributed by atoms with Gasteiger partial charge in [0, 0.05) is 11.9 Å². The van der Waals surface area contributed by atoms with Gasteiger partial charge in [0.25, 0.3) is 0 Å². The topological polar surface area (TPSA) is 95.3 Å². The van der Waals surface area contributed by atoms with Gasteiger partial charge in [0.2, 0.25) is 0 Å². The Balaban J connectivity index is 1.92. The van der Waals surface area contributed by atoms with Gasteiger partial charge in [-0.05, 0) is 51.0 Å². The number of aromatic nitrogens is 2. The molecule has 154 valence electrons. The second-order valence-corrected chi connectivity index (χ2v) is 6.04. The minimum Gasteiger partial charge on any atom is -0.466 e. The average molecular weight is 398 g/mol. The van der Waals surface area contributed by atoms with E-state index in [-0.39, 0.29) is 12.4 Å². The van der Waals surface area contributed by atoms with Gasteiger partial charge in [-0.3, -0.25) is 14.8 Å². The van der Waals surface area contributed by atoms with Crippen molar-refractivity contribution >= 4 is 17.4 Å². The maximum Gasteiger partial charge on any atom is 0.312 e. The highest BCUT2D eigenvalue weighted by molar-refractivity contribution is 6.07. The van der Waals surface area contributed by atoms with Gasteiger partial charge in [-0.1, -0.05) is 22.4 Å². The third kappa shape index (κ3) is 7.69. The molecule has 2 aromatic rings. The molecule has 2 aromatic heterocycles. The molecule has 0 aliphatic heterocycles. The van der Waals surface area contributed by atoms with Crippen LogP contribution in [-0.4, -0.2) is 47.7 Å². The summed E-state index contributed by atoms with van der Waals surface area (Å²) in [5, 5.41) is 8.01. The summed E-state index contributed by atoms with van der Waals surface area (Å²) in [6, 6.07) is 11.2. The van der Waals surface area contributed by atoms with E-state index in [0.29, 0.717) is 30.3 Å². The Labute approximate surface area is 170 Å². The number of ether oxygens (including phenoxy) is 1. The van der Waals surface area contributed by atoms with Gasteiger partial charge in [0.1, 0.15) is 25.1 Å². The van der Waals surface area contributed by atoms with Crippen LogP contribution in [0.25, 0.3) is 0 Å². The Morgan fingerprint density at radius 3 is 2.66 bits per heavy atom. The number of esters is 1. The number of rotatable bonds is 11. The van der Waals surface area contributed by atoms with E-state index < -0.39 is 0 Å². The highest BCUT2D eigenvalue weighted by Gasteiger charge is 2.13. The molecule has 0 fully saturated rings. The van der Waals surface area contributed by atoms with Crippen molar-refractivity contribution in [1.82, 2.24) is 9.97 Å². The van der Waals surface area contributed by atoms with Crippen molar-refractivity contribution in [2.24, 2.45) is 10.3 Å². The van der Waals surface area contributed by atoms with Gasteiger partial charge in [0.05, 0.1) is 24.4 Å². The number of carbonyl (C=O) groups excluding carboxylic acids is 1. The molecule has 0 amide bonds. The number of pyridine rings is 2. The minimum atomic E-state index is -0.366. The fourth-order valence-corrected chi connectivity index (χ4v) is 2.50. The number of hydrogen-bond donors (Lipinski definition) is 0. The highest BCUT2D eigenvalue weighted by atomic mass is 16.6. The summed E-state index contributed by atoms with van der Waals surface area (Å²) in [4.78, 5) is 30.8. The van der Waals surface area contributed by atoms with E-state index in [2.05, 4.69) is 20.3 Å². The third-order valence-electron chi connectivity index (χ3n) is 3.83. The molecule has 2 heterocycles. The van der Waals surface area contributed by atoms with Crippen molar-refractivity contribution in [2.75, 3.05) is 20.3 Å². The van der Waals surface area contributed by atoms with E-state index in [1.807, 2.05) is 31.2 Å². The van der Waals surface area contributed by atoms with Crippen LogP contribution in [0.5, 0.6) is 0 Å². The van der Waals surface area contributed by atoms with Crippen LogP contribution < -0.4 is 0 Å². The molecule has 0 N–H and O–H groups in total. The minimum absolute atomic E-state index is 0.00651. The zero-order valence-electron chi connectivity index (χ0n) is 17.0. The number of oxime groups is 2. The summed E-state index contributed by atoms with van der Waals surface area (Å²) in [6.45, 7) is 4.31. The highest BCUT2D eigenvalue weighted by Crippen LogP contribution is 2.06. The summed E-state index contributed by atoms with van der Waals surface area (Å²) in [5.74, 6) is -0.366. The molecule has 29 heavy (non-hydrogen) atoms. The zero-order valence-corrected chi connectivity index (χ0v) is 17.0. The van der Waals surface area contributed by atoms with Gasteiger partial charge in [-0.15, -0.1) is 0 Å². The molecular formula is C21H26N4O4. The Bertz CT molecular complexity index is 838. The van der Waals surface area contributed by atoms with Crippen molar-refractivity contribution in [3.05, 3.63) is 59.7 Å². The van der Waals surface area contributed by atoms with Gasteiger partial charge in [0.15, 0.2) is 0 Å². The fraction of sp³-hybridized carbons (Fsp3) is 0.381. The van der Waals surface area contributed by atoms with Crippen molar-refractivity contribution in [3.63, 3.8) is 0 Å². The van der Waals surface area contributed by atoms with Crippen LogP contribution in [0.15, 0.2) is 52.9 Å². The maximum absolute atomic E-state index is 11.8. The Hall–Kier alpha value is -3.29. The maximum atomic E-state index is 11.8. The van der Waals surface area contributed by atoms with Crippen LogP contribution in [0.4, 0.5) is 0 Å². The normalized spacial score (nSPS) is 11.8. The Morgan fingerprint density at radius 1 is 1.10 bits per heavy atom. The lowest BCUT2D eigenvalue weighted by atomic mass is 10.2. The number of aryl methyl sites for hydroxylation is 1. The van der Waals surface area contributed by atoms with Gasteiger partial charge >= 0.3 is 5.97 Å². The lowest BCUT2D eigenvalue weighted by molar-refractivity contribution is -0.141. The first-order valence-corrected chi connectivity index (χ1v) is 9.44. The summed E-state index contributed by atoms with van der Waals surface area (Å²) >= 11 is 0. The van der Waals surface area contributed by atoms with Crippen LogP contribution >= 0.6 is 0 Å². The van der Waals surface area contributed by atoms with Crippen LogP contribution in [0, 0.1) is 0 Å². The molecule has 0 aromatic carbocycles. The summed E-state index contributed by atoms with van der Waals surface area (Å²) in [6.07, 6.45) is 3.09. The number of hydrogen-bond acceptors (Lipinski definition) is 8. The van der Waals surface area contributed by atoms with Crippen LogP contribution in [0.2, 0.25) is 0 Å². The van der Waals surface area contributed by atoms with Crippen molar-refractivity contribution in [1.29, 1.82) is 0 Å². The molecule has 0 aliphatic rings.